The number of para-hydroxylation sites is 1. The van der Waals surface area contributed by atoms with Gasteiger partial charge >= 0.3 is 0 Å². The molecule has 0 bridgehead atoms. The molecule has 2 N–H and O–H groups in total. The molecule has 2 aliphatic heterocycles. The van der Waals surface area contributed by atoms with Crippen molar-refractivity contribution in [1.82, 2.24) is 5.32 Å². The largest absolute Gasteiger partial charge is 0.491 e. The summed E-state index contributed by atoms with van der Waals surface area (Å²) in [5.41, 5.74) is 2.77. The fourth-order valence-corrected chi connectivity index (χ4v) is 3.47. The SMILES string of the molecule is O=C(NC1COc2ccccc21)c1ccc(N2CCC(O)CC2)cc1. The molecular formula is C20H22N2O3. The van der Waals surface area contributed by atoms with E-state index in [2.05, 4.69) is 10.2 Å². The summed E-state index contributed by atoms with van der Waals surface area (Å²) in [5, 5.41) is 12.7. The van der Waals surface area contributed by atoms with Crippen molar-refractivity contribution in [2.24, 2.45) is 0 Å². The minimum absolute atomic E-state index is 0.0917. The average molecular weight is 338 g/mol. The third-order valence-electron chi connectivity index (χ3n) is 4.96. The first-order valence-electron chi connectivity index (χ1n) is 8.76. The number of piperidine rings is 1. The number of fused-ring (bicyclic) bond motifs is 1. The maximum absolute atomic E-state index is 12.5. The van der Waals surface area contributed by atoms with Crippen molar-refractivity contribution >= 4 is 11.6 Å². The molecule has 0 aromatic heterocycles. The van der Waals surface area contributed by atoms with Crippen molar-refractivity contribution < 1.29 is 14.6 Å². The predicted octanol–water partition coefficient (Wildman–Crippen LogP) is 2.51. The lowest BCUT2D eigenvalue weighted by atomic mass is 10.1. The highest BCUT2D eigenvalue weighted by molar-refractivity contribution is 5.94. The van der Waals surface area contributed by atoms with E-state index < -0.39 is 0 Å². The highest BCUT2D eigenvalue weighted by Gasteiger charge is 2.25. The quantitative estimate of drug-likeness (QED) is 0.903. The van der Waals surface area contributed by atoms with E-state index in [1.807, 2.05) is 48.5 Å². The van der Waals surface area contributed by atoms with Crippen LogP contribution in [0.1, 0.15) is 34.8 Å². The Morgan fingerprint density at radius 2 is 1.80 bits per heavy atom. The topological polar surface area (TPSA) is 61.8 Å². The molecule has 0 radical (unpaired) electrons. The van der Waals surface area contributed by atoms with Crippen LogP contribution in [0.5, 0.6) is 5.75 Å². The number of carbonyl (C=O) groups is 1. The van der Waals surface area contributed by atoms with Crippen LogP contribution in [0, 0.1) is 0 Å². The van der Waals surface area contributed by atoms with Crippen LogP contribution in [0.15, 0.2) is 48.5 Å². The number of hydrogen-bond acceptors (Lipinski definition) is 4. The van der Waals surface area contributed by atoms with Gasteiger partial charge in [-0.2, -0.15) is 0 Å². The van der Waals surface area contributed by atoms with E-state index in [4.69, 9.17) is 4.74 Å². The van der Waals surface area contributed by atoms with Gasteiger partial charge in [0, 0.05) is 29.9 Å². The highest BCUT2D eigenvalue weighted by atomic mass is 16.5. The minimum atomic E-state index is -0.183. The molecule has 130 valence electrons. The number of nitrogens with one attached hydrogen (secondary N) is 1. The van der Waals surface area contributed by atoms with Crippen molar-refractivity contribution in [3.05, 3.63) is 59.7 Å². The second-order valence-electron chi connectivity index (χ2n) is 6.64. The van der Waals surface area contributed by atoms with E-state index in [0.29, 0.717) is 12.2 Å². The van der Waals surface area contributed by atoms with Crippen molar-refractivity contribution in [3.8, 4) is 5.75 Å². The van der Waals surface area contributed by atoms with E-state index in [1.54, 1.807) is 0 Å². The summed E-state index contributed by atoms with van der Waals surface area (Å²) in [5.74, 6) is 0.751. The molecule has 0 saturated carbocycles. The molecule has 2 aliphatic rings. The third kappa shape index (κ3) is 3.33. The van der Waals surface area contributed by atoms with Gasteiger partial charge in [-0.3, -0.25) is 4.79 Å². The predicted molar refractivity (Wildman–Crippen MR) is 96.0 cm³/mol. The first-order valence-corrected chi connectivity index (χ1v) is 8.76. The normalized spacial score (nSPS) is 20.0. The van der Waals surface area contributed by atoms with Gasteiger partial charge in [0.25, 0.3) is 5.91 Å². The smallest absolute Gasteiger partial charge is 0.251 e. The van der Waals surface area contributed by atoms with Crippen LogP contribution in [-0.2, 0) is 0 Å². The van der Waals surface area contributed by atoms with E-state index in [0.717, 1.165) is 42.9 Å². The standard InChI is InChI=1S/C20H22N2O3/c23-16-9-11-22(12-10-16)15-7-5-14(6-8-15)20(24)21-18-13-25-19-4-2-1-3-17(18)19/h1-8,16,18,23H,9-13H2,(H,21,24). The molecule has 5 nitrogen and oxygen atoms in total. The molecular weight excluding hydrogens is 316 g/mol. The number of hydrogen-bond donors (Lipinski definition) is 2. The molecule has 4 rings (SSSR count). The number of ether oxygens (including phenoxy) is 1. The van der Waals surface area contributed by atoms with Crippen LogP contribution >= 0.6 is 0 Å². The van der Waals surface area contributed by atoms with E-state index in [1.165, 1.54) is 0 Å². The number of anilines is 1. The van der Waals surface area contributed by atoms with Crippen molar-refractivity contribution in [2.45, 2.75) is 25.0 Å². The van der Waals surface area contributed by atoms with Crippen LogP contribution in [0.2, 0.25) is 0 Å². The molecule has 1 amide bonds. The summed E-state index contributed by atoms with van der Waals surface area (Å²) < 4.78 is 5.61. The second-order valence-corrected chi connectivity index (χ2v) is 6.64. The summed E-state index contributed by atoms with van der Waals surface area (Å²) in [6.45, 7) is 2.17. The molecule has 5 heteroatoms. The molecule has 2 aromatic rings. The maximum atomic E-state index is 12.5. The Morgan fingerprint density at radius 3 is 2.56 bits per heavy atom. The number of benzene rings is 2. The molecule has 1 fully saturated rings. The number of aliphatic hydroxyl groups excluding tert-OH is 1. The van der Waals surface area contributed by atoms with Crippen LogP contribution in [-0.4, -0.2) is 36.8 Å². The number of aliphatic hydroxyl groups is 1. The first kappa shape index (κ1) is 16.0. The molecule has 25 heavy (non-hydrogen) atoms. The molecule has 2 aromatic carbocycles. The van der Waals surface area contributed by atoms with Gasteiger partial charge in [-0.15, -0.1) is 0 Å². The Morgan fingerprint density at radius 1 is 1.08 bits per heavy atom. The van der Waals surface area contributed by atoms with Crippen LogP contribution in [0.4, 0.5) is 5.69 Å². The Labute approximate surface area is 147 Å². The van der Waals surface area contributed by atoms with Gasteiger partial charge in [-0.05, 0) is 43.2 Å². The lowest BCUT2D eigenvalue weighted by molar-refractivity contribution is 0.0930. The lowest BCUT2D eigenvalue weighted by Gasteiger charge is -2.31. The Balaban J connectivity index is 1.41. The molecule has 0 spiro atoms. The number of carbonyl (C=O) groups excluding carboxylic acids is 1. The zero-order valence-electron chi connectivity index (χ0n) is 14.0. The van der Waals surface area contributed by atoms with Gasteiger partial charge in [0.1, 0.15) is 12.4 Å². The monoisotopic (exact) mass is 338 g/mol. The van der Waals surface area contributed by atoms with Gasteiger partial charge in [-0.1, -0.05) is 18.2 Å². The minimum Gasteiger partial charge on any atom is -0.491 e. The van der Waals surface area contributed by atoms with Gasteiger partial charge in [0.2, 0.25) is 0 Å². The summed E-state index contributed by atoms with van der Waals surface area (Å²) in [6, 6.07) is 15.4. The van der Waals surface area contributed by atoms with Crippen molar-refractivity contribution in [2.75, 3.05) is 24.6 Å². The summed E-state index contributed by atoms with van der Waals surface area (Å²) in [7, 11) is 0. The Hall–Kier alpha value is -2.53. The van der Waals surface area contributed by atoms with E-state index in [9.17, 15) is 9.90 Å². The number of amides is 1. The van der Waals surface area contributed by atoms with Crippen molar-refractivity contribution in [1.29, 1.82) is 0 Å². The molecule has 2 heterocycles. The maximum Gasteiger partial charge on any atom is 0.251 e. The van der Waals surface area contributed by atoms with Gasteiger partial charge in [0.05, 0.1) is 12.1 Å². The Kier molecular flexibility index (Phi) is 4.32. The average Bonchev–Trinajstić information content (AvgIpc) is 3.06. The van der Waals surface area contributed by atoms with Crippen LogP contribution in [0.25, 0.3) is 0 Å². The third-order valence-corrected chi connectivity index (χ3v) is 4.96. The molecule has 1 atom stereocenters. The van der Waals surface area contributed by atoms with Crippen LogP contribution in [0.3, 0.4) is 0 Å². The number of rotatable bonds is 3. The fraction of sp³-hybridized carbons (Fsp3) is 0.350. The zero-order chi connectivity index (χ0) is 17.2. The van der Waals surface area contributed by atoms with Crippen molar-refractivity contribution in [3.63, 3.8) is 0 Å². The fourth-order valence-electron chi connectivity index (χ4n) is 3.47. The summed E-state index contributed by atoms with van der Waals surface area (Å²) >= 11 is 0. The van der Waals surface area contributed by atoms with E-state index >= 15 is 0 Å². The molecule has 1 saturated heterocycles. The van der Waals surface area contributed by atoms with E-state index in [-0.39, 0.29) is 18.1 Å². The summed E-state index contributed by atoms with van der Waals surface area (Å²) in [4.78, 5) is 14.8. The first-order chi connectivity index (χ1) is 12.2. The summed E-state index contributed by atoms with van der Waals surface area (Å²) in [6.07, 6.45) is 1.41. The molecule has 1 unspecified atom stereocenters. The lowest BCUT2D eigenvalue weighted by Crippen LogP contribution is -2.35. The van der Waals surface area contributed by atoms with Gasteiger partial charge < -0.3 is 20.1 Å². The molecule has 0 aliphatic carbocycles. The zero-order valence-corrected chi connectivity index (χ0v) is 14.0. The van der Waals surface area contributed by atoms with Gasteiger partial charge in [0.15, 0.2) is 0 Å². The highest BCUT2D eigenvalue weighted by Crippen LogP contribution is 2.31. The number of nitrogens with zero attached hydrogens (tertiary/aromatic N) is 1. The van der Waals surface area contributed by atoms with Crippen LogP contribution < -0.4 is 15.0 Å². The Bertz CT molecular complexity index is 752. The second kappa shape index (κ2) is 6.76. The van der Waals surface area contributed by atoms with Gasteiger partial charge in [-0.25, -0.2) is 0 Å².